The Morgan fingerprint density at radius 2 is 1.61 bits per heavy atom. The third kappa shape index (κ3) is 4.64. The van der Waals surface area contributed by atoms with Crippen LogP contribution in [0.1, 0.15) is 66.2 Å². The second-order valence-corrected chi connectivity index (χ2v) is 10.3. The van der Waals surface area contributed by atoms with Gasteiger partial charge in [0.2, 0.25) is 5.91 Å². The lowest BCUT2D eigenvalue weighted by atomic mass is 10.1. The standard InChI is InChI=1S/C31H33N5O2/c37-29(33-24-14-7-1-2-8-15-24)28-27-18-11-20-34(27)30-26(22-32-36(30)25-16-9-4-10-17-25)31(38)35(28)21-19-23-12-5-3-6-13-23/h3-6,9-13,16-18,20,22,24,28H,1-2,7-8,14-15,19,21H2,(H,33,37). The molecule has 3 heterocycles. The van der Waals surface area contributed by atoms with Crippen molar-refractivity contribution >= 4 is 11.8 Å². The Balaban J connectivity index is 1.42. The van der Waals surface area contributed by atoms with Gasteiger partial charge in [-0.1, -0.05) is 74.2 Å². The molecule has 194 valence electrons. The number of fused-ring (bicyclic) bond motifs is 3. The molecule has 1 fully saturated rings. The molecule has 0 radical (unpaired) electrons. The zero-order valence-corrected chi connectivity index (χ0v) is 21.5. The van der Waals surface area contributed by atoms with Crippen molar-refractivity contribution in [3.05, 3.63) is 102 Å². The number of nitrogens with zero attached hydrogens (tertiary/aromatic N) is 4. The Labute approximate surface area is 223 Å². The van der Waals surface area contributed by atoms with E-state index >= 15 is 0 Å². The summed E-state index contributed by atoms with van der Waals surface area (Å²) in [7, 11) is 0. The van der Waals surface area contributed by atoms with Crippen molar-refractivity contribution in [3.63, 3.8) is 0 Å². The van der Waals surface area contributed by atoms with Crippen LogP contribution in [-0.2, 0) is 11.2 Å². The normalized spacial score (nSPS) is 17.8. The summed E-state index contributed by atoms with van der Waals surface area (Å²) < 4.78 is 3.75. The summed E-state index contributed by atoms with van der Waals surface area (Å²) in [5, 5.41) is 7.95. The largest absolute Gasteiger partial charge is 0.351 e. The summed E-state index contributed by atoms with van der Waals surface area (Å²) >= 11 is 0. The number of amides is 2. The van der Waals surface area contributed by atoms with Crippen LogP contribution in [0.2, 0.25) is 0 Å². The third-order valence-corrected chi connectivity index (χ3v) is 7.77. The Hall–Kier alpha value is -4.13. The van der Waals surface area contributed by atoms with Gasteiger partial charge in [-0.25, -0.2) is 4.68 Å². The number of rotatable bonds is 6. The molecule has 7 nitrogen and oxygen atoms in total. The zero-order chi connectivity index (χ0) is 25.9. The van der Waals surface area contributed by atoms with Crippen LogP contribution in [0.25, 0.3) is 11.5 Å². The van der Waals surface area contributed by atoms with Gasteiger partial charge in [-0.3, -0.25) is 9.59 Å². The molecule has 0 saturated heterocycles. The first-order valence-corrected chi connectivity index (χ1v) is 13.7. The van der Waals surface area contributed by atoms with Gasteiger partial charge in [0.1, 0.15) is 5.56 Å². The fourth-order valence-corrected chi connectivity index (χ4v) is 5.83. The van der Waals surface area contributed by atoms with Gasteiger partial charge < -0.3 is 14.8 Å². The predicted molar refractivity (Wildman–Crippen MR) is 146 cm³/mol. The molecule has 2 amide bonds. The van der Waals surface area contributed by atoms with Gasteiger partial charge in [-0.15, -0.1) is 0 Å². The first-order valence-electron chi connectivity index (χ1n) is 13.7. The van der Waals surface area contributed by atoms with Crippen molar-refractivity contribution in [2.75, 3.05) is 6.54 Å². The van der Waals surface area contributed by atoms with Crippen LogP contribution in [-0.4, -0.2) is 43.6 Å². The van der Waals surface area contributed by atoms with Crippen molar-refractivity contribution in [1.82, 2.24) is 24.6 Å². The Morgan fingerprint density at radius 1 is 0.895 bits per heavy atom. The number of hydrogen-bond donors (Lipinski definition) is 1. The van der Waals surface area contributed by atoms with Crippen LogP contribution in [0.5, 0.6) is 0 Å². The topological polar surface area (TPSA) is 72.2 Å². The summed E-state index contributed by atoms with van der Waals surface area (Å²) in [4.78, 5) is 30.0. The molecule has 6 rings (SSSR count). The highest BCUT2D eigenvalue weighted by Crippen LogP contribution is 2.34. The van der Waals surface area contributed by atoms with Gasteiger partial charge in [0.05, 0.1) is 17.6 Å². The van der Waals surface area contributed by atoms with Crippen molar-refractivity contribution in [3.8, 4) is 11.5 Å². The minimum Gasteiger partial charge on any atom is -0.351 e. The highest BCUT2D eigenvalue weighted by molar-refractivity contribution is 6.01. The van der Waals surface area contributed by atoms with Crippen LogP contribution in [0.3, 0.4) is 0 Å². The summed E-state index contributed by atoms with van der Waals surface area (Å²) in [5.41, 5.74) is 3.25. The number of para-hydroxylation sites is 1. The van der Waals surface area contributed by atoms with E-state index in [2.05, 4.69) is 22.5 Å². The van der Waals surface area contributed by atoms with E-state index in [0.717, 1.165) is 42.6 Å². The minimum absolute atomic E-state index is 0.109. The summed E-state index contributed by atoms with van der Waals surface area (Å²) in [6.07, 6.45) is 10.9. The van der Waals surface area contributed by atoms with E-state index in [9.17, 15) is 9.59 Å². The number of carbonyl (C=O) groups excluding carboxylic acids is 2. The maximum atomic E-state index is 14.2. The molecule has 1 atom stereocenters. The molecular formula is C31H33N5O2. The lowest BCUT2D eigenvalue weighted by Gasteiger charge is -2.31. The summed E-state index contributed by atoms with van der Waals surface area (Å²) in [5.74, 6) is 0.376. The molecule has 0 bridgehead atoms. The van der Waals surface area contributed by atoms with Crippen molar-refractivity contribution in [2.45, 2.75) is 57.0 Å². The molecule has 1 aliphatic heterocycles. The monoisotopic (exact) mass is 507 g/mol. The highest BCUT2D eigenvalue weighted by Gasteiger charge is 2.40. The molecule has 2 aromatic heterocycles. The first kappa shape index (κ1) is 24.2. The maximum absolute atomic E-state index is 14.2. The second-order valence-electron chi connectivity index (χ2n) is 10.3. The molecule has 38 heavy (non-hydrogen) atoms. The van der Waals surface area contributed by atoms with Gasteiger partial charge in [0.15, 0.2) is 11.9 Å². The fraction of sp³-hybridized carbons (Fsp3) is 0.323. The Kier molecular flexibility index (Phi) is 6.82. The quantitative estimate of drug-likeness (QED) is 0.363. The maximum Gasteiger partial charge on any atom is 0.260 e. The van der Waals surface area contributed by atoms with Crippen molar-refractivity contribution < 1.29 is 9.59 Å². The zero-order valence-electron chi connectivity index (χ0n) is 21.5. The molecular weight excluding hydrogens is 474 g/mol. The number of benzene rings is 2. The van der Waals surface area contributed by atoms with Crippen molar-refractivity contribution in [2.24, 2.45) is 0 Å². The smallest absolute Gasteiger partial charge is 0.260 e. The van der Waals surface area contributed by atoms with Crippen LogP contribution >= 0.6 is 0 Å². The molecule has 4 aromatic rings. The Morgan fingerprint density at radius 3 is 2.34 bits per heavy atom. The van der Waals surface area contributed by atoms with Crippen LogP contribution in [0.4, 0.5) is 0 Å². The van der Waals surface area contributed by atoms with Gasteiger partial charge >= 0.3 is 0 Å². The van der Waals surface area contributed by atoms with Gasteiger partial charge in [0.25, 0.3) is 5.91 Å². The van der Waals surface area contributed by atoms with Crippen LogP contribution in [0.15, 0.2) is 85.2 Å². The second kappa shape index (κ2) is 10.7. The van der Waals surface area contributed by atoms with Crippen LogP contribution < -0.4 is 5.32 Å². The Bertz CT molecular complexity index is 1400. The number of hydrogen-bond acceptors (Lipinski definition) is 3. The predicted octanol–water partition coefficient (Wildman–Crippen LogP) is 5.24. The number of carbonyl (C=O) groups is 2. The van der Waals surface area contributed by atoms with Gasteiger partial charge in [-0.2, -0.15) is 5.10 Å². The average molecular weight is 508 g/mol. The number of aromatic nitrogens is 3. The van der Waals surface area contributed by atoms with E-state index in [0.29, 0.717) is 24.3 Å². The van der Waals surface area contributed by atoms with E-state index < -0.39 is 6.04 Å². The van der Waals surface area contributed by atoms with Gasteiger partial charge in [-0.05, 0) is 49.1 Å². The first-order chi connectivity index (χ1) is 18.7. The lowest BCUT2D eigenvalue weighted by Crippen LogP contribution is -2.47. The molecule has 0 spiro atoms. The van der Waals surface area contributed by atoms with E-state index in [1.54, 1.807) is 15.8 Å². The molecule has 7 heteroatoms. The van der Waals surface area contributed by atoms with E-state index in [1.165, 1.54) is 12.8 Å². The van der Waals surface area contributed by atoms with E-state index in [1.807, 2.05) is 71.4 Å². The van der Waals surface area contributed by atoms with Crippen molar-refractivity contribution in [1.29, 1.82) is 0 Å². The van der Waals surface area contributed by atoms with E-state index in [-0.39, 0.29) is 17.9 Å². The average Bonchev–Trinajstić information content (AvgIpc) is 3.50. The number of nitrogens with one attached hydrogen (secondary N) is 1. The van der Waals surface area contributed by atoms with E-state index in [4.69, 9.17) is 0 Å². The lowest BCUT2D eigenvalue weighted by molar-refractivity contribution is -0.126. The SMILES string of the molecule is O=C(NC1CCCCCC1)C1c2cccn2-c2c(cnn2-c2ccccc2)C(=O)N1CCc1ccccc1. The fourth-order valence-electron chi connectivity index (χ4n) is 5.83. The highest BCUT2D eigenvalue weighted by atomic mass is 16.2. The molecule has 1 saturated carbocycles. The van der Waals surface area contributed by atoms with Crippen LogP contribution in [0, 0.1) is 0 Å². The third-order valence-electron chi connectivity index (χ3n) is 7.77. The molecule has 1 aliphatic carbocycles. The minimum atomic E-state index is -0.735. The van der Waals surface area contributed by atoms with Gasteiger partial charge in [0, 0.05) is 18.8 Å². The molecule has 2 aliphatic rings. The molecule has 1 N–H and O–H groups in total. The summed E-state index contributed by atoms with van der Waals surface area (Å²) in [6.45, 7) is 0.423. The summed E-state index contributed by atoms with van der Waals surface area (Å²) in [6, 6.07) is 23.2. The molecule has 1 unspecified atom stereocenters. The molecule has 2 aromatic carbocycles.